The highest BCUT2D eigenvalue weighted by molar-refractivity contribution is 5.44. The second-order valence-electron chi connectivity index (χ2n) is 8.61. The maximum atomic E-state index is 10.6. The number of para-hydroxylation sites is 1. The smallest absolute Gasteiger partial charge is 0.227 e. The molecular weight excluding hydrogens is 442 g/mol. The molecule has 190 valence electrons. The van der Waals surface area contributed by atoms with Crippen LogP contribution in [0.25, 0.3) is 5.69 Å². The van der Waals surface area contributed by atoms with Crippen molar-refractivity contribution in [2.75, 3.05) is 26.9 Å². The molecule has 7 nitrogen and oxygen atoms in total. The van der Waals surface area contributed by atoms with E-state index in [1.165, 1.54) is 0 Å². The van der Waals surface area contributed by atoms with Crippen LogP contribution in [0, 0.1) is 0 Å². The van der Waals surface area contributed by atoms with Crippen molar-refractivity contribution in [2.24, 2.45) is 0 Å². The summed E-state index contributed by atoms with van der Waals surface area (Å²) >= 11 is 0. The van der Waals surface area contributed by atoms with Crippen LogP contribution in [-0.4, -0.2) is 58.8 Å². The van der Waals surface area contributed by atoms with E-state index in [-0.39, 0.29) is 6.04 Å². The lowest BCUT2D eigenvalue weighted by molar-refractivity contribution is 0.0111. The topological polar surface area (TPSA) is 69.0 Å². The Morgan fingerprint density at radius 1 is 1.00 bits per heavy atom. The minimum atomic E-state index is -0.566. The number of hydrogen-bond acceptors (Lipinski definition) is 6. The molecule has 0 amide bonds. The van der Waals surface area contributed by atoms with Gasteiger partial charge in [0.15, 0.2) is 0 Å². The molecule has 2 atom stereocenters. The van der Waals surface area contributed by atoms with E-state index in [4.69, 9.17) is 19.3 Å². The van der Waals surface area contributed by atoms with E-state index in [2.05, 4.69) is 25.7 Å². The van der Waals surface area contributed by atoms with Crippen molar-refractivity contribution in [3.63, 3.8) is 0 Å². The minimum Gasteiger partial charge on any atom is -0.497 e. The quantitative estimate of drug-likeness (QED) is 0.340. The SMILES string of the molecule is CCOC[C@H](O)CN(Cc1c(CC)nn(-c2ccccc2)c1Oc1ccc(OC)cc1)[C@H](C)CC. The van der Waals surface area contributed by atoms with E-state index in [1.807, 2.05) is 66.2 Å². The summed E-state index contributed by atoms with van der Waals surface area (Å²) in [5.74, 6) is 2.17. The fourth-order valence-electron chi connectivity index (χ4n) is 3.96. The predicted octanol–water partition coefficient (Wildman–Crippen LogP) is 5.23. The molecular formula is C28H39N3O4. The maximum Gasteiger partial charge on any atom is 0.227 e. The van der Waals surface area contributed by atoms with Gasteiger partial charge < -0.3 is 19.3 Å². The van der Waals surface area contributed by atoms with Crippen LogP contribution in [0.3, 0.4) is 0 Å². The third-order valence-electron chi connectivity index (χ3n) is 6.16. The molecule has 0 spiro atoms. The standard InChI is InChI=1S/C28H39N3O4/c1-6-21(4)30(18-23(32)20-34-8-3)19-26-27(7-2)29-31(22-12-10-9-11-13-22)28(26)35-25-16-14-24(33-5)15-17-25/h9-17,21,23,32H,6-8,18-20H2,1-5H3/t21-,23-/m1/s1. The van der Waals surface area contributed by atoms with Gasteiger partial charge in [-0.25, -0.2) is 4.68 Å². The number of benzene rings is 2. The van der Waals surface area contributed by atoms with E-state index in [1.54, 1.807) is 7.11 Å². The molecule has 2 aromatic carbocycles. The second-order valence-corrected chi connectivity index (χ2v) is 8.61. The summed E-state index contributed by atoms with van der Waals surface area (Å²) in [7, 11) is 1.65. The largest absolute Gasteiger partial charge is 0.497 e. The summed E-state index contributed by atoms with van der Waals surface area (Å²) in [6.07, 6.45) is 1.16. The van der Waals surface area contributed by atoms with Gasteiger partial charge in [0, 0.05) is 25.7 Å². The van der Waals surface area contributed by atoms with E-state index in [0.29, 0.717) is 37.9 Å². The van der Waals surface area contributed by atoms with Crippen LogP contribution in [0.5, 0.6) is 17.4 Å². The van der Waals surface area contributed by atoms with Crippen LogP contribution in [0.1, 0.15) is 45.4 Å². The highest BCUT2D eigenvalue weighted by atomic mass is 16.5. The van der Waals surface area contributed by atoms with Crippen molar-refractivity contribution in [1.29, 1.82) is 0 Å². The van der Waals surface area contributed by atoms with Gasteiger partial charge >= 0.3 is 0 Å². The van der Waals surface area contributed by atoms with Gasteiger partial charge in [-0.1, -0.05) is 32.0 Å². The molecule has 1 N–H and O–H groups in total. The Morgan fingerprint density at radius 3 is 2.29 bits per heavy atom. The Morgan fingerprint density at radius 2 is 1.69 bits per heavy atom. The van der Waals surface area contributed by atoms with E-state index >= 15 is 0 Å². The van der Waals surface area contributed by atoms with Crippen LogP contribution in [0.4, 0.5) is 0 Å². The van der Waals surface area contributed by atoms with Crippen LogP contribution in [0.2, 0.25) is 0 Å². The van der Waals surface area contributed by atoms with Crippen LogP contribution in [-0.2, 0) is 17.7 Å². The zero-order chi connectivity index (χ0) is 25.2. The zero-order valence-corrected chi connectivity index (χ0v) is 21.6. The summed E-state index contributed by atoms with van der Waals surface area (Å²) in [6.45, 7) is 10.4. The van der Waals surface area contributed by atoms with E-state index in [9.17, 15) is 5.11 Å². The number of hydrogen-bond donors (Lipinski definition) is 1. The number of aromatic nitrogens is 2. The van der Waals surface area contributed by atoms with Gasteiger partial charge in [-0.3, -0.25) is 4.90 Å². The fraction of sp³-hybridized carbons (Fsp3) is 0.464. The third kappa shape index (κ3) is 7.07. The molecule has 0 aliphatic rings. The number of rotatable bonds is 14. The monoisotopic (exact) mass is 481 g/mol. The van der Waals surface area contributed by atoms with Crippen molar-refractivity contribution in [3.8, 4) is 23.1 Å². The van der Waals surface area contributed by atoms with Gasteiger partial charge in [-0.15, -0.1) is 0 Å². The molecule has 0 fully saturated rings. The molecule has 3 aromatic rings. The highest BCUT2D eigenvalue weighted by Gasteiger charge is 2.25. The van der Waals surface area contributed by atoms with Gasteiger partial charge in [0.2, 0.25) is 5.88 Å². The van der Waals surface area contributed by atoms with Crippen molar-refractivity contribution < 1.29 is 19.3 Å². The molecule has 0 aliphatic heterocycles. The lowest BCUT2D eigenvalue weighted by Crippen LogP contribution is -2.40. The molecule has 0 saturated heterocycles. The number of aliphatic hydroxyl groups is 1. The third-order valence-corrected chi connectivity index (χ3v) is 6.16. The van der Waals surface area contributed by atoms with Crippen molar-refractivity contribution in [1.82, 2.24) is 14.7 Å². The predicted molar refractivity (Wildman–Crippen MR) is 139 cm³/mol. The Balaban J connectivity index is 2.02. The summed E-state index contributed by atoms with van der Waals surface area (Å²) in [5, 5.41) is 15.6. The lowest BCUT2D eigenvalue weighted by Gasteiger charge is -2.30. The first-order chi connectivity index (χ1) is 17.0. The van der Waals surface area contributed by atoms with E-state index in [0.717, 1.165) is 35.5 Å². The first-order valence-corrected chi connectivity index (χ1v) is 12.5. The Kier molecular flexibility index (Phi) is 10.1. The van der Waals surface area contributed by atoms with Gasteiger partial charge in [-0.2, -0.15) is 5.10 Å². The number of ether oxygens (including phenoxy) is 3. The first-order valence-electron chi connectivity index (χ1n) is 12.5. The Hall–Kier alpha value is -2.87. The molecule has 1 aromatic heterocycles. The molecule has 3 rings (SSSR count). The first kappa shape index (κ1) is 26.7. The van der Waals surface area contributed by atoms with Crippen molar-refractivity contribution in [3.05, 3.63) is 65.9 Å². The lowest BCUT2D eigenvalue weighted by atomic mass is 10.1. The van der Waals surface area contributed by atoms with E-state index < -0.39 is 6.10 Å². The molecule has 0 radical (unpaired) electrons. The summed E-state index contributed by atoms with van der Waals surface area (Å²) < 4.78 is 19.1. The molecule has 7 heteroatoms. The molecule has 1 heterocycles. The van der Waals surface area contributed by atoms with Crippen LogP contribution in [0.15, 0.2) is 54.6 Å². The Bertz CT molecular complexity index is 1020. The summed E-state index contributed by atoms with van der Waals surface area (Å²) in [6, 6.07) is 17.9. The average molecular weight is 482 g/mol. The van der Waals surface area contributed by atoms with Gasteiger partial charge in [0.25, 0.3) is 0 Å². The van der Waals surface area contributed by atoms with Crippen LogP contribution >= 0.6 is 0 Å². The fourth-order valence-corrected chi connectivity index (χ4v) is 3.96. The van der Waals surface area contributed by atoms with Crippen molar-refractivity contribution >= 4 is 0 Å². The average Bonchev–Trinajstić information content (AvgIpc) is 3.24. The molecule has 0 unspecified atom stereocenters. The maximum absolute atomic E-state index is 10.6. The van der Waals surface area contributed by atoms with Gasteiger partial charge in [0.05, 0.1) is 36.8 Å². The van der Waals surface area contributed by atoms with Crippen molar-refractivity contribution in [2.45, 2.75) is 59.2 Å². The molecule has 35 heavy (non-hydrogen) atoms. The Labute approximate surface area is 209 Å². The highest BCUT2D eigenvalue weighted by Crippen LogP contribution is 2.33. The van der Waals surface area contributed by atoms with Gasteiger partial charge in [-0.05, 0) is 63.1 Å². The van der Waals surface area contributed by atoms with Gasteiger partial charge in [0.1, 0.15) is 11.5 Å². The number of aryl methyl sites for hydroxylation is 1. The second kappa shape index (κ2) is 13.3. The summed E-state index contributed by atoms with van der Waals surface area (Å²) in [5.41, 5.74) is 2.93. The summed E-state index contributed by atoms with van der Waals surface area (Å²) in [4.78, 5) is 2.29. The molecule has 0 aliphatic carbocycles. The number of methoxy groups -OCH3 is 1. The number of nitrogens with zero attached hydrogens (tertiary/aromatic N) is 3. The molecule has 0 bridgehead atoms. The number of aliphatic hydroxyl groups excluding tert-OH is 1. The molecule has 0 saturated carbocycles. The minimum absolute atomic E-state index is 0.268. The normalized spacial score (nSPS) is 13.1. The zero-order valence-electron chi connectivity index (χ0n) is 21.6. The van der Waals surface area contributed by atoms with Crippen LogP contribution < -0.4 is 9.47 Å².